The molecule has 1 aliphatic heterocycles. The number of aliphatic hydroxyl groups is 3. The Kier molecular flexibility index (Phi) is 6.72. The Morgan fingerprint density at radius 1 is 1.36 bits per heavy atom. The van der Waals surface area contributed by atoms with Crippen molar-refractivity contribution in [2.75, 3.05) is 6.61 Å². The molecular weight excluding hydrogens is 538 g/mol. The molecule has 3 heterocycles. The molecule has 0 amide bonds. The SMILES string of the molecule is OCC1OC([n+]2c[nH]c3c(=S)nc[nH]c32)C(O)C1O.[Cl][Pt][Cl]. The minimum absolute atomic E-state index is 0.366. The predicted molar refractivity (Wildman–Crippen MR) is 76.2 cm³/mol. The number of H-pyrrole nitrogens is 2. The number of aromatic amines is 2. The maximum atomic E-state index is 9.98. The number of fused-ring (bicyclic) bond motifs is 1. The van der Waals surface area contributed by atoms with Gasteiger partial charge in [-0.1, -0.05) is 12.2 Å². The number of hydrogen-bond acceptors (Lipinski definition) is 6. The van der Waals surface area contributed by atoms with Gasteiger partial charge in [-0.05, 0) is 0 Å². The van der Waals surface area contributed by atoms with Gasteiger partial charge in [-0.15, -0.1) is 0 Å². The summed E-state index contributed by atoms with van der Waals surface area (Å²) in [5, 5.41) is 28.8. The number of rotatable bonds is 2. The van der Waals surface area contributed by atoms with Gasteiger partial charge in [0.2, 0.25) is 11.7 Å². The Bertz CT molecular complexity index is 686. The first-order chi connectivity index (χ1) is 10.5. The van der Waals surface area contributed by atoms with E-state index >= 15 is 0 Å². The molecule has 0 saturated carbocycles. The molecule has 126 valence electrons. The van der Waals surface area contributed by atoms with E-state index in [1.54, 1.807) is 10.9 Å². The number of aliphatic hydroxyl groups excluding tert-OH is 3. The fourth-order valence-electron chi connectivity index (χ4n) is 2.23. The summed E-state index contributed by atoms with van der Waals surface area (Å²) in [5.41, 5.74) is 1.20. The molecule has 22 heavy (non-hydrogen) atoms. The zero-order valence-corrected chi connectivity index (χ0v) is 15.4. The van der Waals surface area contributed by atoms with Crippen molar-refractivity contribution >= 4 is 42.2 Å². The molecule has 1 aliphatic rings. The van der Waals surface area contributed by atoms with Crippen molar-refractivity contribution in [2.45, 2.75) is 24.5 Å². The van der Waals surface area contributed by atoms with Crippen LogP contribution in [-0.4, -0.2) is 55.2 Å². The third-order valence-corrected chi connectivity index (χ3v) is 3.54. The van der Waals surface area contributed by atoms with Crippen LogP contribution in [0.2, 0.25) is 0 Å². The van der Waals surface area contributed by atoms with Crippen molar-refractivity contribution in [1.29, 1.82) is 0 Å². The molecule has 0 spiro atoms. The molecule has 1 saturated heterocycles. The molecule has 3 rings (SSSR count). The van der Waals surface area contributed by atoms with E-state index in [1.807, 2.05) is 0 Å². The van der Waals surface area contributed by atoms with Crippen molar-refractivity contribution in [3.63, 3.8) is 0 Å². The molecule has 0 bridgehead atoms. The van der Waals surface area contributed by atoms with Crippen LogP contribution in [0.15, 0.2) is 12.7 Å². The Morgan fingerprint density at radius 3 is 2.64 bits per heavy atom. The van der Waals surface area contributed by atoms with Gasteiger partial charge in [0.1, 0.15) is 18.3 Å². The third kappa shape index (κ3) is 3.52. The van der Waals surface area contributed by atoms with Crippen LogP contribution in [0.25, 0.3) is 11.2 Å². The van der Waals surface area contributed by atoms with Gasteiger partial charge in [0.15, 0.2) is 17.3 Å². The second-order valence-corrected chi connectivity index (χ2v) is 8.06. The van der Waals surface area contributed by atoms with Gasteiger partial charge in [-0.25, -0.2) is 9.55 Å². The second-order valence-electron chi connectivity index (χ2n) is 4.39. The minimum atomic E-state index is -1.14. The fraction of sp³-hybridized carbons (Fsp3) is 0.500. The second kappa shape index (κ2) is 8.12. The molecule has 4 unspecified atom stereocenters. The fourth-order valence-corrected chi connectivity index (χ4v) is 2.44. The molecule has 2 aromatic rings. The van der Waals surface area contributed by atoms with E-state index in [-0.39, 0.29) is 6.61 Å². The Labute approximate surface area is 146 Å². The van der Waals surface area contributed by atoms with Gasteiger partial charge in [-0.2, -0.15) is 0 Å². The zero-order chi connectivity index (χ0) is 16.3. The van der Waals surface area contributed by atoms with Crippen LogP contribution >= 0.6 is 31.1 Å². The molecule has 8 nitrogen and oxygen atoms in total. The Hall–Kier alpha value is -0.122. The van der Waals surface area contributed by atoms with E-state index in [2.05, 4.69) is 15.0 Å². The van der Waals surface area contributed by atoms with E-state index in [0.717, 1.165) is 0 Å². The quantitative estimate of drug-likeness (QED) is 0.263. The third-order valence-electron chi connectivity index (χ3n) is 3.23. The van der Waals surface area contributed by atoms with Crippen LogP contribution in [0.3, 0.4) is 0 Å². The van der Waals surface area contributed by atoms with Crippen molar-refractivity contribution in [2.24, 2.45) is 0 Å². The van der Waals surface area contributed by atoms with E-state index in [9.17, 15) is 10.2 Å². The van der Waals surface area contributed by atoms with Crippen LogP contribution < -0.4 is 4.57 Å². The van der Waals surface area contributed by atoms with Gasteiger partial charge in [0.05, 0.1) is 6.61 Å². The summed E-state index contributed by atoms with van der Waals surface area (Å²) >= 11 is 4.60. The predicted octanol–water partition coefficient (Wildman–Crippen LogP) is -0.104. The van der Waals surface area contributed by atoms with Crippen LogP contribution in [0.1, 0.15) is 6.23 Å². The van der Waals surface area contributed by atoms with E-state index in [4.69, 9.17) is 40.9 Å². The molecule has 5 N–H and O–H groups in total. The van der Waals surface area contributed by atoms with Gasteiger partial charge in [-0.3, -0.25) is 9.97 Å². The summed E-state index contributed by atoms with van der Waals surface area (Å²) in [6.45, 7) is -0.366. The number of halogens is 2. The number of nitrogens with zero attached hydrogens (tertiary/aromatic N) is 2. The van der Waals surface area contributed by atoms with Crippen molar-refractivity contribution < 1.29 is 41.1 Å². The summed E-state index contributed by atoms with van der Waals surface area (Å²) in [6.07, 6.45) is -0.903. The number of nitrogens with one attached hydrogen (secondary N) is 2. The average molecular weight is 551 g/mol. The monoisotopic (exact) mass is 550 g/mol. The topological polar surface area (TPSA) is 118 Å². The van der Waals surface area contributed by atoms with Crippen LogP contribution in [-0.2, 0) is 21.2 Å². The van der Waals surface area contributed by atoms with Crippen LogP contribution in [0, 0.1) is 4.64 Å². The van der Waals surface area contributed by atoms with Crippen molar-refractivity contribution in [3.05, 3.63) is 17.3 Å². The van der Waals surface area contributed by atoms with Crippen LogP contribution in [0.4, 0.5) is 0 Å². The van der Waals surface area contributed by atoms with Crippen molar-refractivity contribution in [3.8, 4) is 0 Å². The Morgan fingerprint density at radius 2 is 2.05 bits per heavy atom. The van der Waals surface area contributed by atoms with Gasteiger partial charge in [0, 0.05) is 0 Å². The summed E-state index contributed by atoms with van der Waals surface area (Å²) in [7, 11) is 9.75. The summed E-state index contributed by atoms with van der Waals surface area (Å²) in [4.78, 5) is 9.77. The number of imidazole rings is 1. The van der Waals surface area contributed by atoms with E-state index < -0.39 is 41.0 Å². The first kappa shape index (κ1) is 18.2. The standard InChI is InChI=1S/C10H12N4O4S.2ClH.Pt/c15-1-4-6(16)7(17)10(18-4)14-3-13-5-8(14)11-2-12-9(5)19;;;/h2-4,6-7,10,15-17H,1H2,(H,11,12,19);2*1H;/q;;;+2/p-1. The Balaban J connectivity index is 0.000000545. The van der Waals surface area contributed by atoms with E-state index in [1.165, 1.54) is 6.33 Å². The molecule has 0 radical (unpaired) electrons. The average Bonchev–Trinajstić information content (AvgIpc) is 3.04. The number of hydrogen-bond donors (Lipinski definition) is 5. The number of ether oxygens (including phenoxy) is 1. The molecule has 0 aliphatic carbocycles. The zero-order valence-electron chi connectivity index (χ0n) is 10.8. The summed E-state index contributed by atoms with van der Waals surface area (Å²) in [6, 6.07) is 0. The summed E-state index contributed by atoms with van der Waals surface area (Å²) in [5.74, 6) is 0. The van der Waals surface area contributed by atoms with Gasteiger partial charge in [0.25, 0.3) is 5.65 Å². The molecule has 12 heteroatoms. The normalized spacial score (nSPS) is 27.9. The van der Waals surface area contributed by atoms with Gasteiger partial charge < -0.3 is 20.1 Å². The number of aromatic nitrogens is 4. The first-order valence-electron chi connectivity index (χ1n) is 5.95. The molecular formula is C10H13Cl2N4O4PtS+. The summed E-state index contributed by atoms with van der Waals surface area (Å²) < 4.78 is 7.41. The van der Waals surface area contributed by atoms with Gasteiger partial charge >= 0.3 is 35.3 Å². The molecule has 2 aromatic heterocycles. The molecule has 1 fully saturated rings. The molecule has 4 atom stereocenters. The molecule has 0 aromatic carbocycles. The maximum absolute atomic E-state index is 9.98. The van der Waals surface area contributed by atoms with Crippen LogP contribution in [0.5, 0.6) is 0 Å². The first-order valence-corrected chi connectivity index (χ1v) is 12.0. The van der Waals surface area contributed by atoms with Crippen molar-refractivity contribution in [1.82, 2.24) is 15.0 Å². The van der Waals surface area contributed by atoms with E-state index in [0.29, 0.717) is 15.8 Å².